The number of imide groups is 1. The van der Waals surface area contributed by atoms with Crippen LogP contribution >= 0.6 is 11.3 Å². The molecule has 25 heavy (non-hydrogen) atoms. The second kappa shape index (κ2) is 8.02. The van der Waals surface area contributed by atoms with Crippen LogP contribution in [0.2, 0.25) is 0 Å². The summed E-state index contributed by atoms with van der Waals surface area (Å²) in [5.74, 6) is -2.14. The van der Waals surface area contributed by atoms with E-state index in [0.717, 1.165) is 6.07 Å². The summed E-state index contributed by atoms with van der Waals surface area (Å²) in [5, 5.41) is 12.4. The van der Waals surface area contributed by atoms with Crippen LogP contribution in [0.4, 0.5) is 5.00 Å². The highest BCUT2D eigenvalue weighted by molar-refractivity contribution is 7.17. The number of nitro groups is 1. The Bertz CT molecular complexity index is 831. The molecule has 0 saturated heterocycles. The Morgan fingerprint density at radius 2 is 1.92 bits per heavy atom. The van der Waals surface area contributed by atoms with E-state index in [9.17, 15) is 24.5 Å². The minimum Gasteiger partial charge on any atom is -0.496 e. The van der Waals surface area contributed by atoms with Crippen LogP contribution in [0.1, 0.15) is 20.0 Å². The van der Waals surface area contributed by atoms with Gasteiger partial charge in [-0.25, -0.2) is 4.79 Å². The zero-order valence-electron chi connectivity index (χ0n) is 12.9. The van der Waals surface area contributed by atoms with E-state index in [1.54, 1.807) is 18.2 Å². The van der Waals surface area contributed by atoms with Crippen LogP contribution in [-0.2, 0) is 9.53 Å². The second-order valence-electron chi connectivity index (χ2n) is 4.55. The predicted octanol–water partition coefficient (Wildman–Crippen LogP) is 1.78. The van der Waals surface area contributed by atoms with E-state index in [0.29, 0.717) is 11.3 Å². The molecule has 1 aromatic carbocycles. The summed E-state index contributed by atoms with van der Waals surface area (Å²) in [6.07, 6.45) is 0. The number of hydrogen-bond acceptors (Lipinski definition) is 8. The molecule has 9 nitrogen and oxygen atoms in total. The number of carbonyl (C=O) groups is 3. The van der Waals surface area contributed by atoms with Gasteiger partial charge in [-0.3, -0.25) is 25.0 Å². The summed E-state index contributed by atoms with van der Waals surface area (Å²) in [7, 11) is 1.38. The van der Waals surface area contributed by atoms with Gasteiger partial charge < -0.3 is 9.47 Å². The molecule has 0 spiro atoms. The van der Waals surface area contributed by atoms with Gasteiger partial charge in [-0.1, -0.05) is 23.5 Å². The number of methoxy groups -OCH3 is 1. The van der Waals surface area contributed by atoms with Crippen molar-refractivity contribution in [3.8, 4) is 5.75 Å². The van der Waals surface area contributed by atoms with Gasteiger partial charge in [-0.2, -0.15) is 0 Å². The van der Waals surface area contributed by atoms with Crippen LogP contribution in [0.25, 0.3) is 0 Å². The summed E-state index contributed by atoms with van der Waals surface area (Å²) in [4.78, 5) is 45.4. The van der Waals surface area contributed by atoms with Gasteiger partial charge in [0, 0.05) is 6.07 Å². The molecule has 1 heterocycles. The zero-order chi connectivity index (χ0) is 18.4. The largest absolute Gasteiger partial charge is 0.496 e. The Balaban J connectivity index is 1.90. The lowest BCUT2D eigenvalue weighted by molar-refractivity contribution is -0.380. The van der Waals surface area contributed by atoms with Crippen molar-refractivity contribution in [1.29, 1.82) is 0 Å². The van der Waals surface area contributed by atoms with E-state index in [2.05, 4.69) is 5.32 Å². The number of carbonyl (C=O) groups excluding carboxylic acids is 3. The van der Waals surface area contributed by atoms with Crippen molar-refractivity contribution in [1.82, 2.24) is 5.32 Å². The molecule has 0 aliphatic heterocycles. The Morgan fingerprint density at radius 3 is 2.56 bits per heavy atom. The van der Waals surface area contributed by atoms with Crippen LogP contribution in [0.5, 0.6) is 5.75 Å². The van der Waals surface area contributed by atoms with Gasteiger partial charge >= 0.3 is 11.0 Å². The molecule has 0 saturated carbocycles. The first-order valence-electron chi connectivity index (χ1n) is 6.81. The Hall–Kier alpha value is -3.27. The van der Waals surface area contributed by atoms with Gasteiger partial charge in [0.1, 0.15) is 10.6 Å². The average molecular weight is 364 g/mol. The van der Waals surface area contributed by atoms with Gasteiger partial charge in [0.25, 0.3) is 11.8 Å². The topological polar surface area (TPSA) is 125 Å². The lowest BCUT2D eigenvalue weighted by Gasteiger charge is -2.08. The third-order valence-electron chi connectivity index (χ3n) is 2.91. The Kier molecular flexibility index (Phi) is 5.79. The molecule has 0 unspecified atom stereocenters. The highest BCUT2D eigenvalue weighted by atomic mass is 32.1. The fourth-order valence-corrected chi connectivity index (χ4v) is 2.51. The molecular weight excluding hydrogens is 352 g/mol. The SMILES string of the molecule is COc1ccccc1C(=O)NC(=O)COC(=O)c1ccc([N+](=O)[O-])s1. The number of benzene rings is 1. The van der Waals surface area contributed by atoms with Crippen LogP contribution in [0, 0.1) is 10.1 Å². The van der Waals surface area contributed by atoms with Crippen molar-refractivity contribution < 1.29 is 28.8 Å². The van der Waals surface area contributed by atoms with Gasteiger partial charge in [0.15, 0.2) is 6.61 Å². The van der Waals surface area contributed by atoms with Crippen molar-refractivity contribution in [3.63, 3.8) is 0 Å². The first-order valence-corrected chi connectivity index (χ1v) is 7.62. The summed E-state index contributed by atoms with van der Waals surface area (Å²) in [5.41, 5.74) is 0.151. The van der Waals surface area contributed by atoms with Crippen molar-refractivity contribution >= 4 is 34.1 Å². The Labute approximate surface area is 145 Å². The van der Waals surface area contributed by atoms with E-state index in [1.165, 1.54) is 19.2 Å². The number of esters is 1. The lowest BCUT2D eigenvalue weighted by Crippen LogP contribution is -2.34. The van der Waals surface area contributed by atoms with Crippen LogP contribution in [0.15, 0.2) is 36.4 Å². The summed E-state index contributed by atoms with van der Waals surface area (Å²) >= 11 is 0.628. The van der Waals surface area contributed by atoms with Crippen molar-refractivity contribution in [2.75, 3.05) is 13.7 Å². The van der Waals surface area contributed by atoms with E-state index in [1.807, 2.05) is 0 Å². The van der Waals surface area contributed by atoms with Crippen molar-refractivity contribution in [3.05, 3.63) is 57.0 Å². The summed E-state index contributed by atoms with van der Waals surface area (Å²) in [6, 6.07) is 8.68. The molecule has 0 atom stereocenters. The summed E-state index contributed by atoms with van der Waals surface area (Å²) < 4.78 is 9.74. The fourth-order valence-electron chi connectivity index (χ4n) is 1.80. The van der Waals surface area contributed by atoms with Crippen molar-refractivity contribution in [2.45, 2.75) is 0 Å². The minimum atomic E-state index is -0.891. The van der Waals surface area contributed by atoms with Crippen LogP contribution in [-0.4, -0.2) is 36.4 Å². The highest BCUT2D eigenvalue weighted by Crippen LogP contribution is 2.24. The van der Waals surface area contributed by atoms with E-state index in [4.69, 9.17) is 9.47 Å². The fraction of sp³-hybridized carbons (Fsp3) is 0.133. The van der Waals surface area contributed by atoms with Gasteiger partial charge in [0.05, 0.1) is 17.6 Å². The van der Waals surface area contributed by atoms with E-state index >= 15 is 0 Å². The molecule has 0 aliphatic rings. The molecule has 1 aromatic heterocycles. The number of ether oxygens (including phenoxy) is 2. The maximum atomic E-state index is 12.0. The molecule has 10 heteroatoms. The predicted molar refractivity (Wildman–Crippen MR) is 86.7 cm³/mol. The first kappa shape index (κ1) is 18.1. The first-order chi connectivity index (χ1) is 11.9. The number of amides is 2. The average Bonchev–Trinajstić information content (AvgIpc) is 3.10. The van der Waals surface area contributed by atoms with E-state index in [-0.39, 0.29) is 21.2 Å². The third kappa shape index (κ3) is 4.61. The minimum absolute atomic E-state index is 0.0180. The molecule has 0 fully saturated rings. The van der Waals surface area contributed by atoms with Gasteiger partial charge in [-0.15, -0.1) is 0 Å². The molecule has 0 aliphatic carbocycles. The number of rotatable bonds is 6. The number of para-hydroxylation sites is 1. The molecule has 0 radical (unpaired) electrons. The lowest BCUT2D eigenvalue weighted by atomic mass is 10.2. The third-order valence-corrected chi connectivity index (χ3v) is 3.93. The normalized spacial score (nSPS) is 9.96. The second-order valence-corrected chi connectivity index (χ2v) is 5.61. The molecule has 130 valence electrons. The quantitative estimate of drug-likeness (QED) is 0.470. The number of thiophene rings is 1. The highest BCUT2D eigenvalue weighted by Gasteiger charge is 2.19. The molecule has 2 aromatic rings. The van der Waals surface area contributed by atoms with Gasteiger partial charge in [-0.05, 0) is 18.2 Å². The monoisotopic (exact) mass is 364 g/mol. The van der Waals surface area contributed by atoms with Crippen LogP contribution in [0.3, 0.4) is 0 Å². The van der Waals surface area contributed by atoms with Gasteiger partial charge in [0.2, 0.25) is 0 Å². The number of hydrogen-bond donors (Lipinski definition) is 1. The smallest absolute Gasteiger partial charge is 0.349 e. The maximum Gasteiger partial charge on any atom is 0.349 e. The maximum absolute atomic E-state index is 12.0. The molecular formula is C15H12N2O7S. The standard InChI is InChI=1S/C15H12N2O7S/c1-23-10-5-3-2-4-9(10)14(19)16-12(18)8-24-15(20)11-6-7-13(25-11)17(21)22/h2-7H,8H2,1H3,(H,16,18,19). The molecule has 2 amide bonds. The molecule has 1 N–H and O–H groups in total. The van der Waals surface area contributed by atoms with E-state index < -0.39 is 29.3 Å². The molecule has 0 bridgehead atoms. The van der Waals surface area contributed by atoms with Crippen molar-refractivity contribution in [2.24, 2.45) is 0 Å². The Morgan fingerprint density at radius 1 is 1.20 bits per heavy atom. The van der Waals surface area contributed by atoms with Crippen LogP contribution < -0.4 is 10.1 Å². The zero-order valence-corrected chi connectivity index (χ0v) is 13.7. The summed E-state index contributed by atoms with van der Waals surface area (Å²) in [6.45, 7) is -0.703. The number of nitrogens with one attached hydrogen (secondary N) is 1. The molecule has 2 rings (SSSR count). The number of nitrogens with zero attached hydrogens (tertiary/aromatic N) is 1.